The van der Waals surface area contributed by atoms with Crippen LogP contribution in [0.1, 0.15) is 16.8 Å². The van der Waals surface area contributed by atoms with Crippen LogP contribution in [0, 0.1) is 6.92 Å². The number of hydrogen-bond donors (Lipinski definition) is 1. The van der Waals surface area contributed by atoms with Crippen molar-refractivity contribution in [3.05, 3.63) is 63.9 Å². The van der Waals surface area contributed by atoms with E-state index in [1.165, 1.54) is 0 Å². The van der Waals surface area contributed by atoms with Crippen LogP contribution in [0.4, 0.5) is 0 Å². The number of aromatic nitrogens is 1. The highest BCUT2D eigenvalue weighted by molar-refractivity contribution is 9.10. The fraction of sp³-hybridized carbons (Fsp3) is 0.200. The summed E-state index contributed by atoms with van der Waals surface area (Å²) in [4.78, 5) is 16.1. The molecule has 0 aliphatic heterocycles. The van der Waals surface area contributed by atoms with Gasteiger partial charge in [-0.3, -0.25) is 9.78 Å². The molecule has 0 fully saturated rings. The molecule has 4 heteroatoms. The van der Waals surface area contributed by atoms with E-state index >= 15 is 0 Å². The van der Waals surface area contributed by atoms with Crippen molar-refractivity contribution < 1.29 is 4.79 Å². The van der Waals surface area contributed by atoms with E-state index in [0.717, 1.165) is 21.3 Å². The van der Waals surface area contributed by atoms with E-state index in [0.29, 0.717) is 13.0 Å². The van der Waals surface area contributed by atoms with Crippen LogP contribution in [0.25, 0.3) is 0 Å². The molecule has 1 aromatic heterocycles. The van der Waals surface area contributed by atoms with Crippen molar-refractivity contribution in [1.29, 1.82) is 0 Å². The Morgan fingerprint density at radius 2 is 2.05 bits per heavy atom. The van der Waals surface area contributed by atoms with Crippen molar-refractivity contribution in [3.63, 3.8) is 0 Å². The lowest BCUT2D eigenvalue weighted by atomic mass is 10.1. The molecular formula is C15H15BrN2O. The van der Waals surface area contributed by atoms with Gasteiger partial charge in [0.1, 0.15) is 0 Å². The summed E-state index contributed by atoms with van der Waals surface area (Å²) in [6.45, 7) is 2.48. The van der Waals surface area contributed by atoms with Crippen LogP contribution in [0.2, 0.25) is 0 Å². The smallest absolute Gasteiger partial charge is 0.226 e. The molecule has 0 aliphatic rings. The highest BCUT2D eigenvalue weighted by atomic mass is 79.9. The number of nitrogens with zero attached hydrogens (tertiary/aromatic N) is 1. The molecule has 0 spiro atoms. The number of benzene rings is 1. The molecule has 0 saturated carbocycles. The number of pyridine rings is 1. The van der Waals surface area contributed by atoms with Gasteiger partial charge < -0.3 is 5.32 Å². The first-order valence-electron chi connectivity index (χ1n) is 6.07. The van der Waals surface area contributed by atoms with Crippen LogP contribution in [0.5, 0.6) is 0 Å². The van der Waals surface area contributed by atoms with Gasteiger partial charge in [-0.05, 0) is 30.2 Å². The summed E-state index contributed by atoms with van der Waals surface area (Å²) in [7, 11) is 0. The van der Waals surface area contributed by atoms with Gasteiger partial charge in [0.25, 0.3) is 0 Å². The monoisotopic (exact) mass is 318 g/mol. The van der Waals surface area contributed by atoms with Crippen molar-refractivity contribution in [2.45, 2.75) is 19.9 Å². The standard InChI is InChI=1S/C15H15BrN2O/c1-11-5-4-8-17-14(11)9-15(19)18-10-12-6-2-3-7-13(12)16/h2-8H,9-10H2,1H3,(H,18,19). The maximum Gasteiger partial charge on any atom is 0.226 e. The second-order valence-corrected chi connectivity index (χ2v) is 5.17. The minimum absolute atomic E-state index is 0.0162. The quantitative estimate of drug-likeness (QED) is 0.941. The lowest BCUT2D eigenvalue weighted by Gasteiger charge is -2.08. The number of rotatable bonds is 4. The molecule has 19 heavy (non-hydrogen) atoms. The Balaban J connectivity index is 1.92. The van der Waals surface area contributed by atoms with Gasteiger partial charge in [-0.25, -0.2) is 0 Å². The molecule has 1 heterocycles. The van der Waals surface area contributed by atoms with Crippen molar-refractivity contribution in [2.75, 3.05) is 0 Å². The van der Waals surface area contributed by atoms with Crippen molar-refractivity contribution >= 4 is 21.8 Å². The number of amides is 1. The van der Waals surface area contributed by atoms with E-state index < -0.39 is 0 Å². The number of halogens is 1. The Morgan fingerprint density at radius 1 is 1.26 bits per heavy atom. The number of hydrogen-bond acceptors (Lipinski definition) is 2. The second-order valence-electron chi connectivity index (χ2n) is 4.31. The molecule has 3 nitrogen and oxygen atoms in total. The molecule has 2 rings (SSSR count). The lowest BCUT2D eigenvalue weighted by molar-refractivity contribution is -0.120. The van der Waals surface area contributed by atoms with Gasteiger partial charge in [-0.2, -0.15) is 0 Å². The summed E-state index contributed by atoms with van der Waals surface area (Å²) < 4.78 is 1.00. The van der Waals surface area contributed by atoms with Crippen molar-refractivity contribution in [1.82, 2.24) is 10.3 Å². The van der Waals surface area contributed by atoms with Gasteiger partial charge in [-0.1, -0.05) is 40.2 Å². The molecule has 0 bridgehead atoms. The van der Waals surface area contributed by atoms with Crippen LogP contribution >= 0.6 is 15.9 Å². The highest BCUT2D eigenvalue weighted by Gasteiger charge is 2.07. The zero-order valence-corrected chi connectivity index (χ0v) is 12.3. The predicted octanol–water partition coefficient (Wildman–Crippen LogP) is 3.01. The molecule has 0 radical (unpaired) electrons. The fourth-order valence-electron chi connectivity index (χ4n) is 1.75. The van der Waals surface area contributed by atoms with Gasteiger partial charge in [-0.15, -0.1) is 0 Å². The maximum atomic E-state index is 11.9. The summed E-state index contributed by atoms with van der Waals surface area (Å²) >= 11 is 3.46. The zero-order valence-electron chi connectivity index (χ0n) is 10.7. The number of carbonyl (C=O) groups excluding carboxylic acids is 1. The second kappa shape index (κ2) is 6.48. The van der Waals surface area contributed by atoms with E-state index in [4.69, 9.17) is 0 Å². The molecule has 0 unspecified atom stereocenters. The zero-order chi connectivity index (χ0) is 13.7. The lowest BCUT2D eigenvalue weighted by Crippen LogP contribution is -2.25. The largest absolute Gasteiger partial charge is 0.352 e. The van der Waals surface area contributed by atoms with E-state index in [1.54, 1.807) is 6.20 Å². The van der Waals surface area contributed by atoms with Gasteiger partial charge >= 0.3 is 0 Å². The van der Waals surface area contributed by atoms with Crippen molar-refractivity contribution in [3.8, 4) is 0 Å². The molecule has 0 aliphatic carbocycles. The minimum atomic E-state index is -0.0162. The molecule has 98 valence electrons. The van der Waals surface area contributed by atoms with Gasteiger partial charge in [0.2, 0.25) is 5.91 Å². The molecule has 2 aromatic rings. The maximum absolute atomic E-state index is 11.9. The molecule has 1 N–H and O–H groups in total. The normalized spacial score (nSPS) is 10.2. The van der Waals surface area contributed by atoms with E-state index in [2.05, 4.69) is 26.2 Å². The number of nitrogens with one attached hydrogen (secondary N) is 1. The summed E-state index contributed by atoms with van der Waals surface area (Å²) in [6.07, 6.45) is 2.03. The van der Waals surface area contributed by atoms with Crippen LogP contribution in [0.15, 0.2) is 47.1 Å². The first-order chi connectivity index (χ1) is 9.16. The molecular weight excluding hydrogens is 304 g/mol. The molecule has 0 atom stereocenters. The summed E-state index contributed by atoms with van der Waals surface area (Å²) in [5.41, 5.74) is 2.93. The molecule has 0 saturated heterocycles. The van der Waals surface area contributed by atoms with Crippen LogP contribution < -0.4 is 5.32 Å². The van der Waals surface area contributed by atoms with E-state index in [9.17, 15) is 4.79 Å². The van der Waals surface area contributed by atoms with E-state index in [-0.39, 0.29) is 5.91 Å². The molecule has 1 aromatic carbocycles. The Morgan fingerprint density at radius 3 is 2.79 bits per heavy atom. The van der Waals surface area contributed by atoms with Crippen LogP contribution in [0.3, 0.4) is 0 Å². The van der Waals surface area contributed by atoms with Crippen molar-refractivity contribution in [2.24, 2.45) is 0 Å². The predicted molar refractivity (Wildman–Crippen MR) is 78.7 cm³/mol. The highest BCUT2D eigenvalue weighted by Crippen LogP contribution is 2.15. The summed E-state index contributed by atoms with van der Waals surface area (Å²) in [5, 5.41) is 2.91. The Bertz CT molecular complexity index is 584. The number of aryl methyl sites for hydroxylation is 1. The average molecular weight is 319 g/mol. The van der Waals surface area contributed by atoms with Gasteiger partial charge in [0.15, 0.2) is 0 Å². The van der Waals surface area contributed by atoms with Crippen LogP contribution in [-0.4, -0.2) is 10.9 Å². The summed E-state index contributed by atoms with van der Waals surface area (Å²) in [5.74, 6) is -0.0162. The minimum Gasteiger partial charge on any atom is -0.352 e. The van der Waals surface area contributed by atoms with Gasteiger partial charge in [0.05, 0.1) is 12.1 Å². The fourth-order valence-corrected chi connectivity index (χ4v) is 2.18. The topological polar surface area (TPSA) is 42.0 Å². The first-order valence-corrected chi connectivity index (χ1v) is 6.86. The van der Waals surface area contributed by atoms with E-state index in [1.807, 2.05) is 43.3 Å². The van der Waals surface area contributed by atoms with Gasteiger partial charge in [0, 0.05) is 17.2 Å². The third-order valence-electron chi connectivity index (χ3n) is 2.88. The number of carbonyl (C=O) groups is 1. The Kier molecular flexibility index (Phi) is 4.68. The SMILES string of the molecule is Cc1cccnc1CC(=O)NCc1ccccc1Br. The Hall–Kier alpha value is -1.68. The third kappa shape index (κ3) is 3.89. The van der Waals surface area contributed by atoms with Crippen LogP contribution in [-0.2, 0) is 17.8 Å². The average Bonchev–Trinajstić information content (AvgIpc) is 2.40. The molecule has 1 amide bonds. The first kappa shape index (κ1) is 13.7. The summed E-state index contributed by atoms with van der Waals surface area (Å²) in [6, 6.07) is 11.7. The third-order valence-corrected chi connectivity index (χ3v) is 3.65. The Labute approximate surface area is 121 Å².